The third kappa shape index (κ3) is 3.27. The summed E-state index contributed by atoms with van der Waals surface area (Å²) in [6.45, 7) is 1.73. The topological polar surface area (TPSA) is 29.3 Å². The SMILES string of the molecule is CN(Cc1ccc(C(N)=S)cc1F)CC1CC2CCC1C2. The number of nitrogens with zero attached hydrogens (tertiary/aromatic N) is 1. The van der Waals surface area contributed by atoms with Crippen molar-refractivity contribution < 1.29 is 4.39 Å². The lowest BCUT2D eigenvalue weighted by Gasteiger charge is -2.27. The average molecular weight is 306 g/mol. The van der Waals surface area contributed by atoms with E-state index in [0.717, 1.165) is 29.9 Å². The Bertz CT molecular complexity index is 546. The maximum absolute atomic E-state index is 14.1. The van der Waals surface area contributed by atoms with Crippen LogP contribution in [0.4, 0.5) is 4.39 Å². The number of hydrogen-bond acceptors (Lipinski definition) is 2. The quantitative estimate of drug-likeness (QED) is 0.846. The van der Waals surface area contributed by atoms with Gasteiger partial charge in [-0.15, -0.1) is 0 Å². The summed E-state index contributed by atoms with van der Waals surface area (Å²) in [5.74, 6) is 2.49. The Morgan fingerprint density at radius 3 is 2.76 bits per heavy atom. The maximum atomic E-state index is 14.1. The molecule has 0 amide bonds. The number of benzene rings is 1. The van der Waals surface area contributed by atoms with Crippen molar-refractivity contribution >= 4 is 17.2 Å². The fourth-order valence-electron chi connectivity index (χ4n) is 4.18. The molecule has 3 unspecified atom stereocenters. The van der Waals surface area contributed by atoms with Gasteiger partial charge in [-0.25, -0.2) is 4.39 Å². The molecule has 1 aromatic rings. The highest BCUT2D eigenvalue weighted by atomic mass is 32.1. The van der Waals surface area contributed by atoms with E-state index >= 15 is 0 Å². The first kappa shape index (κ1) is 14.9. The molecule has 0 aromatic heterocycles. The zero-order valence-corrected chi connectivity index (χ0v) is 13.3. The summed E-state index contributed by atoms with van der Waals surface area (Å²) >= 11 is 4.88. The number of hydrogen-bond donors (Lipinski definition) is 1. The van der Waals surface area contributed by atoms with Crippen LogP contribution in [0.25, 0.3) is 0 Å². The van der Waals surface area contributed by atoms with E-state index in [1.54, 1.807) is 6.07 Å². The lowest BCUT2D eigenvalue weighted by Crippen LogP contribution is -2.28. The highest BCUT2D eigenvalue weighted by molar-refractivity contribution is 7.80. The van der Waals surface area contributed by atoms with Gasteiger partial charge in [0.05, 0.1) is 0 Å². The van der Waals surface area contributed by atoms with E-state index < -0.39 is 0 Å². The van der Waals surface area contributed by atoms with Crippen LogP contribution in [0, 0.1) is 23.6 Å². The summed E-state index contributed by atoms with van der Waals surface area (Å²) in [4.78, 5) is 2.50. The molecule has 114 valence electrons. The Hall–Kier alpha value is -1.00. The van der Waals surface area contributed by atoms with Crippen molar-refractivity contribution in [1.29, 1.82) is 0 Å². The van der Waals surface area contributed by atoms with Gasteiger partial charge in [-0.1, -0.05) is 30.8 Å². The van der Waals surface area contributed by atoms with Crippen LogP contribution in [-0.2, 0) is 6.54 Å². The van der Waals surface area contributed by atoms with Gasteiger partial charge < -0.3 is 10.6 Å². The predicted molar refractivity (Wildman–Crippen MR) is 87.6 cm³/mol. The van der Waals surface area contributed by atoms with Crippen LogP contribution >= 0.6 is 12.2 Å². The molecule has 0 heterocycles. The molecule has 4 heteroatoms. The standard InChI is InChI=1S/C17H23FN2S/c1-20(10-15-7-11-2-3-12(15)6-11)9-14-5-4-13(17(19)21)8-16(14)18/h4-5,8,11-12,15H,2-3,6-7,9-10H2,1H3,(H2,19,21). The number of halogens is 1. The zero-order valence-electron chi connectivity index (χ0n) is 12.5. The van der Waals surface area contributed by atoms with Crippen LogP contribution in [0.15, 0.2) is 18.2 Å². The largest absolute Gasteiger partial charge is 0.389 e. The third-order valence-electron chi connectivity index (χ3n) is 5.21. The summed E-state index contributed by atoms with van der Waals surface area (Å²) in [5.41, 5.74) is 6.85. The van der Waals surface area contributed by atoms with E-state index in [0.29, 0.717) is 12.1 Å². The molecule has 2 nitrogen and oxygen atoms in total. The van der Waals surface area contributed by atoms with Gasteiger partial charge in [0, 0.05) is 24.2 Å². The molecule has 21 heavy (non-hydrogen) atoms. The first-order valence-corrected chi connectivity index (χ1v) is 8.20. The molecule has 2 N–H and O–H groups in total. The third-order valence-corrected chi connectivity index (χ3v) is 5.44. The molecule has 3 rings (SSSR count). The summed E-state index contributed by atoms with van der Waals surface area (Å²) in [6.07, 6.45) is 5.63. The van der Waals surface area contributed by atoms with Gasteiger partial charge in [0.2, 0.25) is 0 Å². The predicted octanol–water partition coefficient (Wildman–Crippen LogP) is 3.33. The maximum Gasteiger partial charge on any atom is 0.128 e. The second-order valence-electron chi connectivity index (χ2n) is 6.80. The van der Waals surface area contributed by atoms with Gasteiger partial charge in [-0.2, -0.15) is 0 Å². The van der Waals surface area contributed by atoms with Gasteiger partial charge in [0.15, 0.2) is 0 Å². The van der Waals surface area contributed by atoms with E-state index in [1.807, 2.05) is 6.07 Å². The number of nitrogens with two attached hydrogens (primary N) is 1. The van der Waals surface area contributed by atoms with Crippen molar-refractivity contribution in [3.8, 4) is 0 Å². The van der Waals surface area contributed by atoms with Crippen molar-refractivity contribution in [3.05, 3.63) is 35.1 Å². The summed E-state index contributed by atoms with van der Waals surface area (Å²) in [7, 11) is 2.09. The van der Waals surface area contributed by atoms with Crippen molar-refractivity contribution in [2.75, 3.05) is 13.6 Å². The Morgan fingerprint density at radius 1 is 1.38 bits per heavy atom. The van der Waals surface area contributed by atoms with Crippen LogP contribution in [0.3, 0.4) is 0 Å². The van der Waals surface area contributed by atoms with Crippen LogP contribution in [0.2, 0.25) is 0 Å². The smallest absolute Gasteiger partial charge is 0.128 e. The molecule has 0 radical (unpaired) electrons. The monoisotopic (exact) mass is 306 g/mol. The number of rotatable bonds is 5. The van der Waals surface area contributed by atoms with Crippen LogP contribution in [0.5, 0.6) is 0 Å². The van der Waals surface area contributed by atoms with Crippen molar-refractivity contribution in [1.82, 2.24) is 4.90 Å². The minimum Gasteiger partial charge on any atom is -0.389 e. The lowest BCUT2D eigenvalue weighted by molar-refractivity contribution is 0.213. The lowest BCUT2D eigenvalue weighted by atomic mass is 9.88. The molecule has 2 aliphatic carbocycles. The Balaban J connectivity index is 1.59. The van der Waals surface area contributed by atoms with E-state index in [2.05, 4.69) is 11.9 Å². The molecule has 2 bridgehead atoms. The molecule has 1 aromatic carbocycles. The normalized spacial score (nSPS) is 27.5. The van der Waals surface area contributed by atoms with Crippen molar-refractivity contribution in [2.45, 2.75) is 32.2 Å². The fraction of sp³-hybridized carbons (Fsp3) is 0.588. The molecule has 2 fully saturated rings. The number of fused-ring (bicyclic) bond motifs is 2. The highest BCUT2D eigenvalue weighted by Crippen LogP contribution is 2.48. The van der Waals surface area contributed by atoms with E-state index in [9.17, 15) is 4.39 Å². The molecule has 0 spiro atoms. The van der Waals surface area contributed by atoms with Crippen molar-refractivity contribution in [3.63, 3.8) is 0 Å². The van der Waals surface area contributed by atoms with Crippen LogP contribution in [-0.4, -0.2) is 23.5 Å². The molecule has 2 aliphatic rings. The highest BCUT2D eigenvalue weighted by Gasteiger charge is 2.39. The molecule has 0 aliphatic heterocycles. The van der Waals surface area contributed by atoms with Gasteiger partial charge in [-0.05, 0) is 50.1 Å². The van der Waals surface area contributed by atoms with Crippen LogP contribution in [0.1, 0.15) is 36.8 Å². The Morgan fingerprint density at radius 2 is 2.19 bits per heavy atom. The van der Waals surface area contributed by atoms with Crippen LogP contribution < -0.4 is 5.73 Å². The fourth-order valence-corrected chi connectivity index (χ4v) is 4.31. The average Bonchev–Trinajstić information content (AvgIpc) is 3.03. The number of thiocarbonyl (C=S) groups is 1. The Labute approximate surface area is 131 Å². The van der Waals surface area contributed by atoms with Gasteiger partial charge in [-0.3, -0.25) is 0 Å². The zero-order chi connectivity index (χ0) is 15.0. The minimum atomic E-state index is -0.208. The molecule has 2 saturated carbocycles. The minimum absolute atomic E-state index is 0.208. The van der Waals surface area contributed by atoms with Gasteiger partial charge in [0.1, 0.15) is 10.8 Å². The molecule has 3 atom stereocenters. The van der Waals surface area contributed by atoms with E-state index in [-0.39, 0.29) is 10.8 Å². The van der Waals surface area contributed by atoms with E-state index in [1.165, 1.54) is 31.7 Å². The molecular weight excluding hydrogens is 283 g/mol. The van der Waals surface area contributed by atoms with Gasteiger partial charge >= 0.3 is 0 Å². The molecule has 0 saturated heterocycles. The summed E-state index contributed by atoms with van der Waals surface area (Å²) < 4.78 is 14.1. The second-order valence-corrected chi connectivity index (χ2v) is 7.24. The first-order chi connectivity index (χ1) is 10.0. The Kier molecular flexibility index (Phi) is 4.27. The summed E-state index contributed by atoms with van der Waals surface area (Å²) in [6, 6.07) is 5.07. The van der Waals surface area contributed by atoms with Gasteiger partial charge in [0.25, 0.3) is 0 Å². The first-order valence-electron chi connectivity index (χ1n) is 7.79. The molecular formula is C17H23FN2S. The second kappa shape index (κ2) is 6.01. The van der Waals surface area contributed by atoms with Crippen molar-refractivity contribution in [2.24, 2.45) is 23.5 Å². The van der Waals surface area contributed by atoms with E-state index in [4.69, 9.17) is 18.0 Å². The summed E-state index contributed by atoms with van der Waals surface area (Å²) in [5, 5.41) is 0.